The van der Waals surface area contributed by atoms with Gasteiger partial charge in [-0.25, -0.2) is 9.97 Å². The summed E-state index contributed by atoms with van der Waals surface area (Å²) in [4.78, 5) is 11.0. The molecule has 1 aromatic heterocycles. The lowest BCUT2D eigenvalue weighted by Gasteiger charge is -2.36. The molecule has 0 spiro atoms. The summed E-state index contributed by atoms with van der Waals surface area (Å²) in [6.45, 7) is 6.74. The minimum Gasteiger partial charge on any atom is -0.391 e. The van der Waals surface area contributed by atoms with E-state index < -0.39 is 0 Å². The van der Waals surface area contributed by atoms with Gasteiger partial charge in [0.25, 0.3) is 0 Å². The van der Waals surface area contributed by atoms with Crippen LogP contribution in [-0.4, -0.2) is 39.2 Å². The van der Waals surface area contributed by atoms with Crippen molar-refractivity contribution >= 4 is 0 Å². The Balaban J connectivity index is 1.54. The van der Waals surface area contributed by atoms with Gasteiger partial charge in [-0.15, -0.1) is 0 Å². The molecule has 4 heteroatoms. The van der Waals surface area contributed by atoms with E-state index in [1.807, 2.05) is 12.4 Å². The SMILES string of the molecule is CCc1ncc(CN2CC[C@H](Cc3cccc(C)c3)[C@H](O)C2)cn1. The molecule has 0 unspecified atom stereocenters. The van der Waals surface area contributed by atoms with Crippen LogP contribution in [0.3, 0.4) is 0 Å². The van der Waals surface area contributed by atoms with Gasteiger partial charge in [-0.05, 0) is 37.8 Å². The van der Waals surface area contributed by atoms with Crippen molar-refractivity contribution in [3.05, 3.63) is 59.2 Å². The van der Waals surface area contributed by atoms with E-state index in [9.17, 15) is 5.11 Å². The van der Waals surface area contributed by atoms with Crippen LogP contribution < -0.4 is 0 Å². The zero-order valence-electron chi connectivity index (χ0n) is 14.7. The van der Waals surface area contributed by atoms with Crippen molar-refractivity contribution in [2.24, 2.45) is 5.92 Å². The van der Waals surface area contributed by atoms with E-state index in [0.717, 1.165) is 50.3 Å². The van der Waals surface area contributed by atoms with Gasteiger partial charge >= 0.3 is 0 Å². The monoisotopic (exact) mass is 325 g/mol. The van der Waals surface area contributed by atoms with E-state index in [0.29, 0.717) is 5.92 Å². The molecule has 0 saturated carbocycles. The normalized spacial score (nSPS) is 21.8. The highest BCUT2D eigenvalue weighted by Crippen LogP contribution is 2.23. The molecule has 2 atom stereocenters. The molecule has 3 rings (SSSR count). The Morgan fingerprint density at radius 3 is 2.67 bits per heavy atom. The topological polar surface area (TPSA) is 49.2 Å². The number of nitrogens with zero attached hydrogens (tertiary/aromatic N) is 3. The average molecular weight is 325 g/mol. The third-order valence-electron chi connectivity index (χ3n) is 4.87. The standard InChI is InChI=1S/C20H27N3O/c1-3-20-21-11-17(12-22-20)13-23-8-7-18(19(24)14-23)10-16-6-4-5-15(2)9-16/h4-6,9,11-12,18-19,24H,3,7-8,10,13-14H2,1-2H3/t18-,19-/m1/s1. The number of benzene rings is 1. The van der Waals surface area contributed by atoms with Crippen LogP contribution in [0, 0.1) is 12.8 Å². The second-order valence-corrected chi connectivity index (χ2v) is 6.91. The Hall–Kier alpha value is -1.78. The van der Waals surface area contributed by atoms with E-state index in [1.165, 1.54) is 11.1 Å². The largest absolute Gasteiger partial charge is 0.391 e. The van der Waals surface area contributed by atoms with Crippen molar-refractivity contribution in [1.82, 2.24) is 14.9 Å². The van der Waals surface area contributed by atoms with Crippen molar-refractivity contribution in [3.63, 3.8) is 0 Å². The van der Waals surface area contributed by atoms with Crippen LogP contribution in [0.4, 0.5) is 0 Å². The number of β-amino-alcohol motifs (C(OH)–C–C–N with tert-alkyl or cyclic N) is 1. The first kappa shape index (κ1) is 17.1. The maximum Gasteiger partial charge on any atom is 0.127 e. The van der Waals surface area contributed by atoms with Crippen LogP contribution in [0.15, 0.2) is 36.7 Å². The zero-order chi connectivity index (χ0) is 16.9. The molecule has 2 aromatic rings. The highest BCUT2D eigenvalue weighted by atomic mass is 16.3. The van der Waals surface area contributed by atoms with Crippen molar-refractivity contribution < 1.29 is 5.11 Å². The first-order valence-corrected chi connectivity index (χ1v) is 8.90. The maximum atomic E-state index is 10.6. The molecule has 0 bridgehead atoms. The third-order valence-corrected chi connectivity index (χ3v) is 4.87. The molecule has 128 valence electrons. The number of aliphatic hydroxyl groups is 1. The molecule has 0 amide bonds. The van der Waals surface area contributed by atoms with Crippen molar-refractivity contribution in [1.29, 1.82) is 0 Å². The van der Waals surface area contributed by atoms with E-state index in [1.54, 1.807) is 0 Å². The maximum absolute atomic E-state index is 10.6. The average Bonchev–Trinajstić information content (AvgIpc) is 2.58. The number of aromatic nitrogens is 2. The Morgan fingerprint density at radius 1 is 1.21 bits per heavy atom. The van der Waals surface area contributed by atoms with Gasteiger partial charge in [0, 0.05) is 37.5 Å². The zero-order valence-corrected chi connectivity index (χ0v) is 14.7. The first-order chi connectivity index (χ1) is 11.6. The number of hydrogen-bond acceptors (Lipinski definition) is 4. The van der Waals surface area contributed by atoms with Crippen LogP contribution in [0.1, 0.15) is 35.9 Å². The summed E-state index contributed by atoms with van der Waals surface area (Å²) >= 11 is 0. The Bertz CT molecular complexity index is 656. The predicted octanol–water partition coefficient (Wildman–Crippen LogP) is 2.77. The van der Waals surface area contributed by atoms with Crippen LogP contribution in [0.25, 0.3) is 0 Å². The molecule has 0 aliphatic carbocycles. The van der Waals surface area contributed by atoms with Crippen molar-refractivity contribution in [2.45, 2.75) is 45.8 Å². The molecule has 0 radical (unpaired) electrons. The molecule has 1 aliphatic rings. The van der Waals surface area contributed by atoms with E-state index in [-0.39, 0.29) is 6.10 Å². The Morgan fingerprint density at radius 2 is 2.00 bits per heavy atom. The van der Waals surface area contributed by atoms with E-state index >= 15 is 0 Å². The van der Waals surface area contributed by atoms with Crippen LogP contribution in [0.5, 0.6) is 0 Å². The number of rotatable bonds is 5. The van der Waals surface area contributed by atoms with Gasteiger partial charge in [0.15, 0.2) is 0 Å². The molecule has 1 fully saturated rings. The summed E-state index contributed by atoms with van der Waals surface area (Å²) < 4.78 is 0. The van der Waals surface area contributed by atoms with Gasteiger partial charge in [-0.2, -0.15) is 0 Å². The van der Waals surface area contributed by atoms with Gasteiger partial charge in [0.1, 0.15) is 5.82 Å². The fourth-order valence-corrected chi connectivity index (χ4v) is 3.47. The second kappa shape index (κ2) is 7.86. The summed E-state index contributed by atoms with van der Waals surface area (Å²) in [6.07, 6.45) is 6.42. The molecule has 4 nitrogen and oxygen atoms in total. The number of hydrogen-bond donors (Lipinski definition) is 1. The quantitative estimate of drug-likeness (QED) is 0.918. The van der Waals surface area contributed by atoms with Crippen LogP contribution >= 0.6 is 0 Å². The third kappa shape index (κ3) is 4.40. The summed E-state index contributed by atoms with van der Waals surface area (Å²) in [5, 5.41) is 10.6. The summed E-state index contributed by atoms with van der Waals surface area (Å²) in [7, 11) is 0. The minimum absolute atomic E-state index is 0.268. The van der Waals surface area contributed by atoms with E-state index in [4.69, 9.17) is 0 Å². The summed E-state index contributed by atoms with van der Waals surface area (Å²) in [5.41, 5.74) is 3.74. The van der Waals surface area contributed by atoms with Gasteiger partial charge < -0.3 is 5.11 Å². The van der Waals surface area contributed by atoms with Crippen molar-refractivity contribution in [2.75, 3.05) is 13.1 Å². The molecule has 1 saturated heterocycles. The molecule has 1 aromatic carbocycles. The summed E-state index contributed by atoms with van der Waals surface area (Å²) in [6, 6.07) is 8.62. The number of likely N-dealkylation sites (tertiary alicyclic amines) is 1. The molecule has 1 aliphatic heterocycles. The van der Waals surface area contributed by atoms with Crippen LogP contribution in [-0.2, 0) is 19.4 Å². The first-order valence-electron chi connectivity index (χ1n) is 8.90. The number of piperidine rings is 1. The smallest absolute Gasteiger partial charge is 0.127 e. The van der Waals surface area contributed by atoms with Gasteiger partial charge in [0.05, 0.1) is 6.10 Å². The number of aliphatic hydroxyl groups excluding tert-OH is 1. The molecule has 1 N–H and O–H groups in total. The highest BCUT2D eigenvalue weighted by molar-refractivity contribution is 5.22. The molecule has 24 heavy (non-hydrogen) atoms. The Kier molecular flexibility index (Phi) is 5.59. The fraction of sp³-hybridized carbons (Fsp3) is 0.500. The Labute approximate surface area is 144 Å². The fourth-order valence-electron chi connectivity index (χ4n) is 3.47. The number of aryl methyl sites for hydroxylation is 2. The summed E-state index contributed by atoms with van der Waals surface area (Å²) in [5.74, 6) is 1.23. The molecule has 2 heterocycles. The van der Waals surface area contributed by atoms with Crippen molar-refractivity contribution in [3.8, 4) is 0 Å². The van der Waals surface area contributed by atoms with E-state index in [2.05, 4.69) is 53.0 Å². The van der Waals surface area contributed by atoms with Crippen LogP contribution in [0.2, 0.25) is 0 Å². The predicted molar refractivity (Wildman–Crippen MR) is 95.7 cm³/mol. The van der Waals surface area contributed by atoms with Gasteiger partial charge in [0.2, 0.25) is 0 Å². The minimum atomic E-state index is -0.268. The lowest BCUT2D eigenvalue weighted by atomic mass is 9.87. The molecular weight excluding hydrogens is 298 g/mol. The lowest BCUT2D eigenvalue weighted by Crippen LogP contribution is -2.44. The van der Waals surface area contributed by atoms with Gasteiger partial charge in [-0.3, -0.25) is 4.90 Å². The molecular formula is C20H27N3O. The second-order valence-electron chi connectivity index (χ2n) is 6.91. The lowest BCUT2D eigenvalue weighted by molar-refractivity contribution is 0.0187. The van der Waals surface area contributed by atoms with Gasteiger partial charge in [-0.1, -0.05) is 36.8 Å². The highest BCUT2D eigenvalue weighted by Gasteiger charge is 2.27.